The van der Waals surface area contributed by atoms with Gasteiger partial charge in [-0.1, -0.05) is 48.5 Å². The van der Waals surface area contributed by atoms with Crippen LogP contribution in [0.5, 0.6) is 5.75 Å². The Labute approximate surface area is 190 Å². The van der Waals surface area contributed by atoms with E-state index in [2.05, 4.69) is 0 Å². The van der Waals surface area contributed by atoms with Crippen molar-refractivity contribution in [3.8, 4) is 16.9 Å². The van der Waals surface area contributed by atoms with Crippen LogP contribution in [0.2, 0.25) is 0 Å². The van der Waals surface area contributed by atoms with Crippen molar-refractivity contribution < 1.29 is 18.7 Å². The lowest BCUT2D eigenvalue weighted by molar-refractivity contribution is -0.138. The van der Waals surface area contributed by atoms with E-state index < -0.39 is 17.8 Å². The second-order valence-corrected chi connectivity index (χ2v) is 7.46. The number of amidine groups is 1. The van der Waals surface area contributed by atoms with Crippen molar-refractivity contribution in [1.82, 2.24) is 4.42 Å². The maximum Gasteiger partial charge on any atom is 0.271 e. The molecular formula is C24H23ClFN3O3. The first-order valence-corrected chi connectivity index (χ1v) is 10.0. The Hall–Kier alpha value is -3.42. The highest BCUT2D eigenvalue weighted by Crippen LogP contribution is 2.30. The van der Waals surface area contributed by atoms with Crippen LogP contribution < -0.4 is 10.5 Å². The third-order valence-corrected chi connectivity index (χ3v) is 5.26. The molecule has 0 saturated carbocycles. The van der Waals surface area contributed by atoms with Crippen molar-refractivity contribution in [1.29, 1.82) is 5.41 Å². The molecule has 3 aromatic rings. The van der Waals surface area contributed by atoms with Crippen molar-refractivity contribution >= 4 is 23.5 Å². The van der Waals surface area contributed by atoms with Gasteiger partial charge in [0, 0.05) is 30.0 Å². The molecule has 1 unspecified atom stereocenters. The fourth-order valence-electron chi connectivity index (χ4n) is 3.24. The highest BCUT2D eigenvalue weighted by Gasteiger charge is 2.28. The van der Waals surface area contributed by atoms with Gasteiger partial charge in [-0.25, -0.2) is 8.81 Å². The number of carbonyl (C=O) groups is 1. The molecule has 0 bridgehead atoms. The van der Waals surface area contributed by atoms with Gasteiger partial charge in [-0.15, -0.1) is 0 Å². The van der Waals surface area contributed by atoms with Crippen LogP contribution in [0.15, 0.2) is 66.7 Å². The molecule has 6 nitrogen and oxygen atoms in total. The van der Waals surface area contributed by atoms with Gasteiger partial charge in [0.05, 0.1) is 13.7 Å². The zero-order chi connectivity index (χ0) is 23.3. The minimum absolute atomic E-state index is 0.0531. The molecule has 3 aromatic carbocycles. The molecule has 1 amide bonds. The maximum absolute atomic E-state index is 15.0. The summed E-state index contributed by atoms with van der Waals surface area (Å²) in [6.07, 6.45) is -1.21. The average Bonchev–Trinajstić information content (AvgIpc) is 2.80. The highest BCUT2D eigenvalue weighted by molar-refractivity contribution is 6.21. The summed E-state index contributed by atoms with van der Waals surface area (Å²) in [4.78, 5) is 12.9. The van der Waals surface area contributed by atoms with Crippen LogP contribution in [0.3, 0.4) is 0 Å². The van der Waals surface area contributed by atoms with Crippen LogP contribution in [-0.2, 0) is 16.1 Å². The molecule has 0 fully saturated rings. The summed E-state index contributed by atoms with van der Waals surface area (Å²) in [6, 6.07) is 18.6. The number of hydrogen-bond acceptors (Lipinski definition) is 4. The fraction of sp³-hybridized carbons (Fsp3) is 0.167. The van der Waals surface area contributed by atoms with E-state index in [4.69, 9.17) is 32.4 Å². The second-order valence-electron chi connectivity index (χ2n) is 7.05. The number of rotatable bonds is 8. The molecule has 0 spiro atoms. The molecule has 0 heterocycles. The minimum atomic E-state index is -1.21. The molecule has 32 heavy (non-hydrogen) atoms. The third kappa shape index (κ3) is 5.25. The van der Waals surface area contributed by atoms with Crippen molar-refractivity contribution in [2.75, 3.05) is 14.2 Å². The van der Waals surface area contributed by atoms with E-state index in [1.165, 1.54) is 19.2 Å². The summed E-state index contributed by atoms with van der Waals surface area (Å²) in [5.41, 5.74) is 8.24. The molecule has 3 N–H and O–H groups in total. The predicted molar refractivity (Wildman–Crippen MR) is 122 cm³/mol. The lowest BCUT2D eigenvalue weighted by Crippen LogP contribution is -2.29. The number of hydrogen-bond donors (Lipinski definition) is 2. The van der Waals surface area contributed by atoms with E-state index in [-0.39, 0.29) is 17.9 Å². The summed E-state index contributed by atoms with van der Waals surface area (Å²) in [7, 11) is 2.89. The number of methoxy groups -OCH3 is 2. The molecule has 0 aliphatic carbocycles. The molecule has 166 valence electrons. The van der Waals surface area contributed by atoms with Gasteiger partial charge in [-0.05, 0) is 34.9 Å². The molecule has 0 radical (unpaired) electrons. The van der Waals surface area contributed by atoms with Crippen molar-refractivity contribution in [3.05, 3.63) is 89.2 Å². The van der Waals surface area contributed by atoms with E-state index in [1.807, 2.05) is 12.1 Å². The summed E-state index contributed by atoms with van der Waals surface area (Å²) in [6.45, 7) is 0.0714. The number of nitrogens with zero attached hydrogens (tertiary/aromatic N) is 1. The van der Waals surface area contributed by atoms with Gasteiger partial charge in [0.1, 0.15) is 17.4 Å². The van der Waals surface area contributed by atoms with Crippen LogP contribution in [0.4, 0.5) is 4.39 Å². The Morgan fingerprint density at radius 3 is 2.38 bits per heavy atom. The minimum Gasteiger partial charge on any atom is -0.497 e. The molecule has 0 saturated heterocycles. The van der Waals surface area contributed by atoms with Crippen LogP contribution >= 0.6 is 11.8 Å². The smallest absolute Gasteiger partial charge is 0.271 e. The first kappa shape index (κ1) is 23.2. The standard InChI is InChI=1S/C24H23ClFN3O3/c1-31-19-5-3-4-17(12-19)18-10-11-20(21(26)13-18)22(32-2)24(30)29(25)14-15-6-8-16(9-7-15)23(27)28/h3-13,22H,14H2,1-2H3,(H3,27,28). The first-order valence-electron chi connectivity index (χ1n) is 9.71. The van der Waals surface area contributed by atoms with Crippen molar-refractivity contribution in [3.63, 3.8) is 0 Å². The van der Waals surface area contributed by atoms with Gasteiger partial charge in [-0.2, -0.15) is 0 Å². The van der Waals surface area contributed by atoms with Gasteiger partial charge < -0.3 is 15.2 Å². The zero-order valence-corrected chi connectivity index (χ0v) is 18.4. The van der Waals surface area contributed by atoms with E-state index in [0.717, 1.165) is 15.5 Å². The Bertz CT molecular complexity index is 1120. The number of carbonyl (C=O) groups excluding carboxylic acids is 1. The quantitative estimate of drug-likeness (QED) is 0.294. The lowest BCUT2D eigenvalue weighted by atomic mass is 10.0. The van der Waals surface area contributed by atoms with E-state index in [9.17, 15) is 9.18 Å². The van der Waals surface area contributed by atoms with Crippen LogP contribution in [0, 0.1) is 11.2 Å². The Kier molecular flexibility index (Phi) is 7.45. The predicted octanol–water partition coefficient (Wildman–Crippen LogP) is 4.66. The Morgan fingerprint density at radius 1 is 1.09 bits per heavy atom. The van der Waals surface area contributed by atoms with E-state index in [1.54, 1.807) is 49.6 Å². The SMILES string of the molecule is COc1cccc(-c2ccc(C(OC)C(=O)N(Cl)Cc3ccc(C(=N)N)cc3)c(F)c2)c1. The van der Waals surface area contributed by atoms with Crippen molar-refractivity contribution in [2.24, 2.45) is 5.73 Å². The summed E-state index contributed by atoms with van der Waals surface area (Å²) >= 11 is 6.20. The van der Waals surface area contributed by atoms with E-state index in [0.29, 0.717) is 16.9 Å². The number of halogens is 2. The maximum atomic E-state index is 15.0. The molecule has 1 atom stereocenters. The van der Waals surface area contributed by atoms with E-state index >= 15 is 0 Å². The number of amides is 1. The number of nitrogens with one attached hydrogen (secondary N) is 1. The third-order valence-electron chi connectivity index (χ3n) is 4.97. The number of nitrogen functional groups attached to an aromatic ring is 1. The summed E-state index contributed by atoms with van der Waals surface area (Å²) < 4.78 is 26.4. The molecule has 8 heteroatoms. The van der Waals surface area contributed by atoms with Gasteiger partial charge in [0.25, 0.3) is 5.91 Å². The topological polar surface area (TPSA) is 88.6 Å². The average molecular weight is 456 g/mol. The Morgan fingerprint density at radius 2 is 1.78 bits per heavy atom. The fourth-order valence-corrected chi connectivity index (χ4v) is 3.46. The monoisotopic (exact) mass is 455 g/mol. The summed E-state index contributed by atoms with van der Waals surface area (Å²) in [5, 5.41) is 7.43. The first-order chi connectivity index (χ1) is 15.3. The van der Waals surface area contributed by atoms with Crippen LogP contribution in [0.1, 0.15) is 22.8 Å². The van der Waals surface area contributed by atoms with Gasteiger partial charge in [-0.3, -0.25) is 10.2 Å². The van der Waals surface area contributed by atoms with Crippen LogP contribution in [0.25, 0.3) is 11.1 Å². The number of ether oxygens (including phenoxy) is 2. The number of benzene rings is 3. The second kappa shape index (κ2) is 10.3. The Balaban J connectivity index is 1.78. The van der Waals surface area contributed by atoms with Crippen molar-refractivity contribution in [2.45, 2.75) is 12.6 Å². The molecule has 0 aromatic heterocycles. The van der Waals surface area contributed by atoms with Gasteiger partial charge in [0.2, 0.25) is 0 Å². The molecular weight excluding hydrogens is 433 g/mol. The van der Waals surface area contributed by atoms with Gasteiger partial charge >= 0.3 is 0 Å². The largest absolute Gasteiger partial charge is 0.497 e. The molecule has 3 rings (SSSR count). The molecule has 0 aliphatic heterocycles. The summed E-state index contributed by atoms with van der Waals surface area (Å²) in [5.74, 6) is -0.576. The van der Waals surface area contributed by atoms with Crippen LogP contribution in [-0.4, -0.2) is 30.4 Å². The highest BCUT2D eigenvalue weighted by atomic mass is 35.5. The zero-order valence-electron chi connectivity index (χ0n) is 17.6. The normalized spacial score (nSPS) is 11.6. The van der Waals surface area contributed by atoms with Gasteiger partial charge in [0.15, 0.2) is 6.10 Å². The molecule has 0 aliphatic rings. The lowest BCUT2D eigenvalue weighted by Gasteiger charge is -2.21. The number of nitrogens with two attached hydrogens (primary N) is 1.